The molecule has 0 aromatic heterocycles. The summed E-state index contributed by atoms with van der Waals surface area (Å²) < 4.78 is 18.1. The number of ether oxygens (including phenoxy) is 1. The first kappa shape index (κ1) is 15.5. The fraction of sp³-hybridized carbons (Fsp3) is 0.500. The highest BCUT2D eigenvalue weighted by atomic mass is 19.1. The quantitative estimate of drug-likeness (QED) is 0.422. The highest BCUT2D eigenvalue weighted by Crippen LogP contribution is 2.17. The van der Waals surface area contributed by atoms with Crippen LogP contribution in [0, 0.1) is 15.9 Å². The average molecular weight is 272 g/mol. The number of aliphatic hydroxyl groups is 1. The number of hydrogen-bond donors (Lipinski definition) is 2. The van der Waals surface area contributed by atoms with Crippen molar-refractivity contribution in [3.8, 4) is 0 Å². The maximum atomic E-state index is 13.3. The van der Waals surface area contributed by atoms with E-state index in [0.717, 1.165) is 12.1 Å². The molecule has 0 aliphatic heterocycles. The summed E-state index contributed by atoms with van der Waals surface area (Å²) in [7, 11) is 1.51. The number of rotatable bonds is 8. The molecule has 0 bridgehead atoms. The summed E-state index contributed by atoms with van der Waals surface area (Å²) in [5.41, 5.74) is 0.0867. The van der Waals surface area contributed by atoms with Crippen LogP contribution >= 0.6 is 0 Å². The predicted molar refractivity (Wildman–Crippen MR) is 67.3 cm³/mol. The van der Waals surface area contributed by atoms with E-state index >= 15 is 0 Å². The number of aliphatic hydroxyl groups excluding tert-OH is 1. The summed E-state index contributed by atoms with van der Waals surface area (Å²) in [6.45, 7) is 1.20. The zero-order chi connectivity index (χ0) is 14.3. The molecule has 1 atom stereocenters. The van der Waals surface area contributed by atoms with Gasteiger partial charge in [0.1, 0.15) is 0 Å². The number of nitrogens with zero attached hydrogens (tertiary/aromatic N) is 1. The van der Waals surface area contributed by atoms with Crippen LogP contribution in [0.15, 0.2) is 18.2 Å². The first-order chi connectivity index (χ1) is 9.04. The van der Waals surface area contributed by atoms with Gasteiger partial charge in [0.25, 0.3) is 0 Å². The van der Waals surface area contributed by atoms with E-state index in [1.165, 1.54) is 13.2 Å². The second-order valence-electron chi connectivity index (χ2n) is 4.12. The number of halogens is 1. The van der Waals surface area contributed by atoms with E-state index in [2.05, 4.69) is 5.32 Å². The summed E-state index contributed by atoms with van der Waals surface area (Å²) in [6, 6.07) is 3.78. The van der Waals surface area contributed by atoms with E-state index in [0.29, 0.717) is 25.1 Å². The van der Waals surface area contributed by atoms with E-state index in [9.17, 15) is 19.6 Å². The molecule has 0 radical (unpaired) electrons. The monoisotopic (exact) mass is 272 g/mol. The van der Waals surface area contributed by atoms with Crippen molar-refractivity contribution in [2.75, 3.05) is 20.3 Å². The second kappa shape index (κ2) is 7.78. The summed E-state index contributed by atoms with van der Waals surface area (Å²) in [6.07, 6.45) is -0.0189. The highest BCUT2D eigenvalue weighted by molar-refractivity contribution is 5.34. The minimum atomic E-state index is -0.844. The Labute approximate surface area is 110 Å². The maximum Gasteiger partial charge on any atom is 0.304 e. The lowest BCUT2D eigenvalue weighted by Gasteiger charge is -2.10. The van der Waals surface area contributed by atoms with Gasteiger partial charge in [0.05, 0.1) is 17.6 Å². The minimum Gasteiger partial charge on any atom is -0.391 e. The molecule has 0 aliphatic carbocycles. The molecule has 6 nitrogen and oxygen atoms in total. The van der Waals surface area contributed by atoms with Gasteiger partial charge >= 0.3 is 5.69 Å². The molecule has 0 fully saturated rings. The first-order valence-corrected chi connectivity index (χ1v) is 5.85. The van der Waals surface area contributed by atoms with Crippen LogP contribution in [0.2, 0.25) is 0 Å². The maximum absolute atomic E-state index is 13.3. The summed E-state index contributed by atoms with van der Waals surface area (Å²) in [4.78, 5) is 9.68. The van der Waals surface area contributed by atoms with Gasteiger partial charge in [-0.15, -0.1) is 0 Å². The van der Waals surface area contributed by atoms with Gasteiger partial charge in [-0.25, -0.2) is 0 Å². The third-order valence-electron chi connectivity index (χ3n) is 2.55. The molecule has 0 saturated heterocycles. The molecular formula is C12H17FN2O4. The van der Waals surface area contributed by atoms with Gasteiger partial charge in [0, 0.05) is 19.7 Å². The van der Waals surface area contributed by atoms with Crippen molar-refractivity contribution in [3.05, 3.63) is 39.7 Å². The number of hydrogen-bond acceptors (Lipinski definition) is 5. The van der Waals surface area contributed by atoms with Crippen molar-refractivity contribution in [1.29, 1.82) is 0 Å². The molecule has 0 heterocycles. The second-order valence-corrected chi connectivity index (χ2v) is 4.12. The van der Waals surface area contributed by atoms with Crippen molar-refractivity contribution in [2.24, 2.45) is 0 Å². The molecule has 2 N–H and O–H groups in total. The molecule has 0 aliphatic rings. The Kier molecular flexibility index (Phi) is 6.34. The molecule has 1 unspecified atom stereocenters. The van der Waals surface area contributed by atoms with E-state index < -0.39 is 22.5 Å². The fourth-order valence-electron chi connectivity index (χ4n) is 1.59. The fourth-order valence-corrected chi connectivity index (χ4v) is 1.59. The Balaban J connectivity index is 2.38. The number of nitro groups is 1. The van der Waals surface area contributed by atoms with Crippen molar-refractivity contribution in [3.63, 3.8) is 0 Å². The number of nitro benzene ring substituents is 1. The third-order valence-corrected chi connectivity index (χ3v) is 2.55. The summed E-state index contributed by atoms with van der Waals surface area (Å²) in [5, 5.41) is 22.8. The van der Waals surface area contributed by atoms with Crippen LogP contribution in [0.3, 0.4) is 0 Å². The van der Waals surface area contributed by atoms with Gasteiger partial charge in [0.15, 0.2) is 0 Å². The van der Waals surface area contributed by atoms with Crippen molar-refractivity contribution < 1.29 is 19.2 Å². The number of nitrogens with one attached hydrogen (secondary N) is 1. The lowest BCUT2D eigenvalue weighted by atomic mass is 10.2. The van der Waals surface area contributed by atoms with E-state index in [-0.39, 0.29) is 6.61 Å². The van der Waals surface area contributed by atoms with Crippen LogP contribution in [-0.2, 0) is 11.3 Å². The SMILES string of the molecule is COCC(O)CCNCc1ccc([N+](=O)[O-])c(F)c1. The van der Waals surface area contributed by atoms with Gasteiger partial charge < -0.3 is 15.2 Å². The molecular weight excluding hydrogens is 255 g/mol. The van der Waals surface area contributed by atoms with E-state index in [1.54, 1.807) is 0 Å². The molecule has 19 heavy (non-hydrogen) atoms. The highest BCUT2D eigenvalue weighted by Gasteiger charge is 2.13. The van der Waals surface area contributed by atoms with Crippen molar-refractivity contribution in [2.45, 2.75) is 19.1 Å². The number of benzene rings is 1. The predicted octanol–water partition coefficient (Wildman–Crippen LogP) is 1.22. The topological polar surface area (TPSA) is 84.6 Å². The zero-order valence-electron chi connectivity index (χ0n) is 10.6. The largest absolute Gasteiger partial charge is 0.391 e. The van der Waals surface area contributed by atoms with Crippen LogP contribution in [0.25, 0.3) is 0 Å². The van der Waals surface area contributed by atoms with Gasteiger partial charge in [-0.2, -0.15) is 4.39 Å². The van der Waals surface area contributed by atoms with Gasteiger partial charge in [-0.3, -0.25) is 10.1 Å². The van der Waals surface area contributed by atoms with E-state index in [4.69, 9.17) is 4.74 Å². The average Bonchev–Trinajstić information content (AvgIpc) is 2.34. The molecule has 0 saturated carbocycles. The summed E-state index contributed by atoms with van der Waals surface area (Å²) >= 11 is 0. The van der Waals surface area contributed by atoms with Gasteiger partial charge in [-0.05, 0) is 24.6 Å². The Morgan fingerprint density at radius 2 is 2.32 bits per heavy atom. The van der Waals surface area contributed by atoms with Crippen LogP contribution in [-0.4, -0.2) is 36.4 Å². The zero-order valence-corrected chi connectivity index (χ0v) is 10.6. The molecule has 0 spiro atoms. The van der Waals surface area contributed by atoms with Crippen LogP contribution in [0.1, 0.15) is 12.0 Å². The third kappa shape index (κ3) is 5.29. The van der Waals surface area contributed by atoms with Crippen molar-refractivity contribution >= 4 is 5.69 Å². The van der Waals surface area contributed by atoms with E-state index in [1.807, 2.05) is 0 Å². The standard InChI is InChI=1S/C12H17FN2O4/c1-19-8-10(16)4-5-14-7-9-2-3-12(15(17)18)11(13)6-9/h2-3,6,10,14,16H,4-5,7-8H2,1H3. The van der Waals surface area contributed by atoms with Crippen molar-refractivity contribution in [1.82, 2.24) is 5.32 Å². The Hall–Kier alpha value is -1.57. The van der Waals surface area contributed by atoms with Gasteiger partial charge in [-0.1, -0.05) is 6.07 Å². The first-order valence-electron chi connectivity index (χ1n) is 5.85. The Morgan fingerprint density at radius 3 is 2.89 bits per heavy atom. The van der Waals surface area contributed by atoms with Crippen LogP contribution in [0.5, 0.6) is 0 Å². The van der Waals surface area contributed by atoms with Crippen LogP contribution < -0.4 is 5.32 Å². The molecule has 106 valence electrons. The minimum absolute atomic E-state index is 0.272. The molecule has 7 heteroatoms. The molecule has 1 aromatic carbocycles. The lowest BCUT2D eigenvalue weighted by Crippen LogP contribution is -2.23. The smallest absolute Gasteiger partial charge is 0.304 e. The Morgan fingerprint density at radius 1 is 1.58 bits per heavy atom. The Bertz CT molecular complexity index is 428. The molecule has 1 aromatic rings. The molecule has 1 rings (SSSR count). The van der Waals surface area contributed by atoms with Crippen LogP contribution in [0.4, 0.5) is 10.1 Å². The van der Waals surface area contributed by atoms with Gasteiger partial charge in [0.2, 0.25) is 5.82 Å². The summed E-state index contributed by atoms with van der Waals surface area (Å²) in [5.74, 6) is -0.844. The lowest BCUT2D eigenvalue weighted by molar-refractivity contribution is -0.387. The number of methoxy groups -OCH3 is 1. The normalized spacial score (nSPS) is 12.4. The molecule has 0 amide bonds.